The van der Waals surface area contributed by atoms with Crippen LogP contribution >= 0.6 is 22.7 Å². The van der Waals surface area contributed by atoms with Gasteiger partial charge in [-0.15, -0.1) is 11.3 Å². The Morgan fingerprint density at radius 1 is 1.12 bits per heavy atom. The first-order chi connectivity index (χ1) is 12.4. The molecule has 3 heterocycles. The van der Waals surface area contributed by atoms with Crippen LogP contribution in [0.4, 0.5) is 5.13 Å². The maximum atomic E-state index is 12.3. The van der Waals surface area contributed by atoms with Crippen LogP contribution in [0.25, 0.3) is 9.53 Å². The number of rotatable bonds is 5. The average Bonchev–Trinajstić information content (AvgIpc) is 3.26. The maximum Gasteiger partial charge on any atom is 0.279 e. The van der Waals surface area contributed by atoms with Gasteiger partial charge in [0.15, 0.2) is 5.13 Å². The maximum absolute atomic E-state index is 12.3. The molecule has 0 saturated heterocycles. The number of thiophene rings is 1. The van der Waals surface area contributed by atoms with E-state index < -0.39 is 5.91 Å². The number of furan rings is 1. The molecule has 0 aromatic carbocycles. The van der Waals surface area contributed by atoms with E-state index >= 15 is 0 Å². The molecular weight excluding hydrogens is 372 g/mol. The number of hydrazine groups is 1. The van der Waals surface area contributed by atoms with Gasteiger partial charge in [-0.05, 0) is 39.8 Å². The van der Waals surface area contributed by atoms with E-state index in [1.54, 1.807) is 37.3 Å². The number of thiazole rings is 1. The van der Waals surface area contributed by atoms with Gasteiger partial charge in [0.2, 0.25) is 0 Å². The van der Waals surface area contributed by atoms with Crippen LogP contribution in [0.3, 0.4) is 0 Å². The van der Waals surface area contributed by atoms with Gasteiger partial charge < -0.3 is 9.32 Å². The minimum absolute atomic E-state index is 0.365. The summed E-state index contributed by atoms with van der Waals surface area (Å²) in [6.45, 7) is 9.43. The van der Waals surface area contributed by atoms with Crippen LogP contribution in [0.1, 0.15) is 45.4 Å². The lowest BCUT2D eigenvalue weighted by Crippen LogP contribution is -2.41. The number of anilines is 1. The summed E-state index contributed by atoms with van der Waals surface area (Å²) >= 11 is 2.87. The second kappa shape index (κ2) is 7.46. The summed E-state index contributed by atoms with van der Waals surface area (Å²) in [6.07, 6.45) is 0. The van der Waals surface area contributed by atoms with Crippen molar-refractivity contribution >= 4 is 49.1 Å². The van der Waals surface area contributed by atoms with Crippen LogP contribution in [-0.4, -0.2) is 29.9 Å². The van der Waals surface area contributed by atoms with Crippen molar-refractivity contribution < 1.29 is 14.0 Å². The molecule has 0 spiro atoms. The first-order valence-electron chi connectivity index (χ1n) is 8.26. The number of aromatic nitrogens is 1. The van der Waals surface area contributed by atoms with Gasteiger partial charge in [0.1, 0.15) is 16.4 Å². The van der Waals surface area contributed by atoms with E-state index in [2.05, 4.69) is 34.6 Å². The molecule has 0 atom stereocenters. The van der Waals surface area contributed by atoms with Crippen LogP contribution in [0.5, 0.6) is 0 Å². The van der Waals surface area contributed by atoms with Crippen LogP contribution < -0.4 is 15.8 Å². The second-order valence-corrected chi connectivity index (χ2v) is 7.72. The summed E-state index contributed by atoms with van der Waals surface area (Å²) in [6, 6.07) is 3.44. The molecule has 0 radical (unpaired) electrons. The Bertz CT molecular complexity index is 921. The summed E-state index contributed by atoms with van der Waals surface area (Å²) in [7, 11) is 0. The summed E-state index contributed by atoms with van der Waals surface area (Å²) in [4.78, 5) is 32.5. The Morgan fingerprint density at radius 3 is 2.38 bits per heavy atom. The summed E-state index contributed by atoms with van der Waals surface area (Å²) in [5, 5.41) is 0.960. The molecule has 0 saturated carbocycles. The zero-order valence-electron chi connectivity index (χ0n) is 15.0. The molecule has 2 amide bonds. The predicted octanol–water partition coefficient (Wildman–Crippen LogP) is 3.49. The number of carbonyl (C=O) groups is 2. The Balaban J connectivity index is 1.67. The number of nitrogens with zero attached hydrogens (tertiary/aromatic N) is 2. The topological polar surface area (TPSA) is 87.5 Å². The molecule has 0 bridgehead atoms. The Kier molecular flexibility index (Phi) is 5.28. The van der Waals surface area contributed by atoms with Crippen LogP contribution in [0, 0.1) is 13.8 Å². The molecule has 7 nitrogen and oxygen atoms in total. The van der Waals surface area contributed by atoms with Gasteiger partial charge in [-0.1, -0.05) is 11.3 Å². The highest BCUT2D eigenvalue weighted by Crippen LogP contribution is 2.34. The summed E-state index contributed by atoms with van der Waals surface area (Å²) in [5.74, 6) is 0.385. The third-order valence-electron chi connectivity index (χ3n) is 3.91. The standard InChI is InChI=1S/C17H20N4O3S2/c1-5-21(6-2)17-18-16-13(26-17)8-12(25-16)15(23)20-19-14(22)11-7-9(3)24-10(11)4/h7-8H,5-6H2,1-4H3,(H,19,22)(H,20,23). The Morgan fingerprint density at radius 2 is 1.81 bits per heavy atom. The zero-order chi connectivity index (χ0) is 18.8. The SMILES string of the molecule is CCN(CC)c1nc2sc(C(=O)NNC(=O)c3cc(C)oc3C)cc2s1. The number of fused-ring (bicyclic) bond motifs is 1. The van der Waals surface area contributed by atoms with E-state index in [0.717, 1.165) is 27.8 Å². The minimum atomic E-state index is -0.409. The van der Waals surface area contributed by atoms with E-state index in [-0.39, 0.29) is 5.91 Å². The summed E-state index contributed by atoms with van der Waals surface area (Å²) < 4.78 is 6.29. The Labute approximate surface area is 159 Å². The average molecular weight is 393 g/mol. The lowest BCUT2D eigenvalue weighted by atomic mass is 10.2. The smallest absolute Gasteiger partial charge is 0.279 e. The van der Waals surface area contributed by atoms with Crippen molar-refractivity contribution in [1.29, 1.82) is 0 Å². The van der Waals surface area contributed by atoms with E-state index in [0.29, 0.717) is 22.0 Å². The van der Waals surface area contributed by atoms with Gasteiger partial charge >= 0.3 is 0 Å². The fraction of sp³-hybridized carbons (Fsp3) is 0.353. The van der Waals surface area contributed by atoms with Crippen LogP contribution in [0.2, 0.25) is 0 Å². The molecule has 0 fully saturated rings. The van der Waals surface area contributed by atoms with Crippen molar-refractivity contribution in [3.8, 4) is 0 Å². The lowest BCUT2D eigenvalue weighted by molar-refractivity contribution is 0.0848. The van der Waals surface area contributed by atoms with Crippen molar-refractivity contribution in [2.45, 2.75) is 27.7 Å². The molecule has 138 valence electrons. The molecule has 3 aromatic rings. The van der Waals surface area contributed by atoms with E-state index in [1.165, 1.54) is 11.3 Å². The van der Waals surface area contributed by atoms with Crippen molar-refractivity contribution in [2.75, 3.05) is 18.0 Å². The third-order valence-corrected chi connectivity index (χ3v) is 6.13. The number of carbonyl (C=O) groups excluding carboxylic acids is 2. The molecule has 0 aliphatic heterocycles. The third kappa shape index (κ3) is 3.58. The normalized spacial score (nSPS) is 10.9. The molecule has 0 unspecified atom stereocenters. The molecule has 26 heavy (non-hydrogen) atoms. The molecule has 3 rings (SSSR count). The van der Waals surface area contributed by atoms with E-state index in [4.69, 9.17) is 4.42 Å². The van der Waals surface area contributed by atoms with Crippen LogP contribution in [0.15, 0.2) is 16.5 Å². The zero-order valence-corrected chi connectivity index (χ0v) is 16.6. The number of aryl methyl sites for hydroxylation is 2. The first-order valence-corrected chi connectivity index (χ1v) is 9.89. The van der Waals surface area contributed by atoms with Gasteiger partial charge in [-0.25, -0.2) is 4.98 Å². The van der Waals surface area contributed by atoms with E-state index in [9.17, 15) is 9.59 Å². The van der Waals surface area contributed by atoms with Gasteiger partial charge in [0.05, 0.1) is 15.1 Å². The van der Waals surface area contributed by atoms with Gasteiger partial charge in [-0.3, -0.25) is 20.4 Å². The fourth-order valence-electron chi connectivity index (χ4n) is 2.56. The van der Waals surface area contributed by atoms with Crippen molar-refractivity contribution in [3.05, 3.63) is 34.1 Å². The molecule has 0 aliphatic rings. The van der Waals surface area contributed by atoms with Crippen molar-refractivity contribution in [3.63, 3.8) is 0 Å². The Hall–Kier alpha value is -2.39. The van der Waals surface area contributed by atoms with Gasteiger partial charge in [-0.2, -0.15) is 0 Å². The van der Waals surface area contributed by atoms with E-state index in [1.807, 2.05) is 0 Å². The molecule has 9 heteroatoms. The number of nitrogens with one attached hydrogen (secondary N) is 2. The highest BCUT2D eigenvalue weighted by Gasteiger charge is 2.18. The van der Waals surface area contributed by atoms with Gasteiger partial charge in [0.25, 0.3) is 11.8 Å². The first kappa shape index (κ1) is 18.4. The number of hydrogen-bond acceptors (Lipinski definition) is 7. The monoisotopic (exact) mass is 392 g/mol. The lowest BCUT2D eigenvalue weighted by Gasteiger charge is -2.16. The summed E-state index contributed by atoms with van der Waals surface area (Å²) in [5.41, 5.74) is 5.26. The molecular formula is C17H20N4O3S2. The predicted molar refractivity (Wildman–Crippen MR) is 104 cm³/mol. The highest BCUT2D eigenvalue weighted by molar-refractivity contribution is 7.29. The molecule has 3 aromatic heterocycles. The van der Waals surface area contributed by atoms with Crippen molar-refractivity contribution in [1.82, 2.24) is 15.8 Å². The minimum Gasteiger partial charge on any atom is -0.466 e. The molecule has 2 N–H and O–H groups in total. The van der Waals surface area contributed by atoms with Crippen LogP contribution in [-0.2, 0) is 0 Å². The largest absolute Gasteiger partial charge is 0.466 e. The number of hydrogen-bond donors (Lipinski definition) is 2. The van der Waals surface area contributed by atoms with Crippen molar-refractivity contribution in [2.24, 2.45) is 0 Å². The molecule has 0 aliphatic carbocycles. The number of amides is 2. The van der Waals surface area contributed by atoms with Gasteiger partial charge in [0, 0.05) is 13.1 Å². The highest BCUT2D eigenvalue weighted by atomic mass is 32.1. The fourth-order valence-corrected chi connectivity index (χ4v) is 4.80. The quantitative estimate of drug-likeness (QED) is 0.649. The second-order valence-electron chi connectivity index (χ2n) is 5.68.